The third-order valence-electron chi connectivity index (χ3n) is 2.70. The van der Waals surface area contributed by atoms with Crippen molar-refractivity contribution < 1.29 is 23.5 Å². The number of anilines is 1. The summed E-state index contributed by atoms with van der Waals surface area (Å²) in [6, 6.07) is 1.91. The highest BCUT2D eigenvalue weighted by Gasteiger charge is 2.21. The maximum Gasteiger partial charge on any atom is 0.319 e. The lowest BCUT2D eigenvalue weighted by molar-refractivity contribution is -0.141. The predicted molar refractivity (Wildman–Crippen MR) is 64.8 cm³/mol. The number of amides is 2. The van der Waals surface area contributed by atoms with Gasteiger partial charge in [-0.15, -0.1) is 0 Å². The Morgan fingerprint density at radius 3 is 2.47 bits per heavy atom. The van der Waals surface area contributed by atoms with E-state index in [0.717, 1.165) is 6.07 Å². The second-order valence-corrected chi connectivity index (χ2v) is 4.12. The van der Waals surface area contributed by atoms with E-state index < -0.39 is 35.6 Å². The summed E-state index contributed by atoms with van der Waals surface area (Å²) in [5.41, 5.74) is -0.312. The Bertz CT molecular complexity index is 494. The number of urea groups is 1. The first kappa shape index (κ1) is 14.9. The molecule has 0 saturated carbocycles. The van der Waals surface area contributed by atoms with E-state index >= 15 is 0 Å². The Balaban J connectivity index is 2.66. The normalized spacial score (nSPS) is 13.5. The van der Waals surface area contributed by atoms with E-state index in [1.165, 1.54) is 26.0 Å². The van der Waals surface area contributed by atoms with E-state index in [4.69, 9.17) is 5.11 Å². The quantitative estimate of drug-likeness (QED) is 0.786. The zero-order chi connectivity index (χ0) is 14.6. The van der Waals surface area contributed by atoms with Gasteiger partial charge >= 0.3 is 12.0 Å². The largest absolute Gasteiger partial charge is 0.481 e. The van der Waals surface area contributed by atoms with E-state index in [1.54, 1.807) is 0 Å². The van der Waals surface area contributed by atoms with Gasteiger partial charge in [-0.2, -0.15) is 0 Å². The number of carboxylic acid groups (broad SMARTS) is 1. The number of aliphatic carboxylic acids is 1. The van der Waals surface area contributed by atoms with E-state index in [1.807, 2.05) is 0 Å². The zero-order valence-corrected chi connectivity index (χ0v) is 10.4. The van der Waals surface area contributed by atoms with Crippen LogP contribution in [-0.4, -0.2) is 23.1 Å². The van der Waals surface area contributed by atoms with Crippen molar-refractivity contribution in [2.75, 3.05) is 5.32 Å². The molecule has 1 aromatic rings. The van der Waals surface area contributed by atoms with Crippen molar-refractivity contribution in [2.45, 2.75) is 19.9 Å². The number of carbonyl (C=O) groups excluding carboxylic acids is 1. The maximum absolute atomic E-state index is 13.3. The van der Waals surface area contributed by atoms with Crippen molar-refractivity contribution in [3.63, 3.8) is 0 Å². The molecule has 104 valence electrons. The van der Waals surface area contributed by atoms with Crippen LogP contribution in [0.15, 0.2) is 18.2 Å². The first-order valence-electron chi connectivity index (χ1n) is 5.57. The fraction of sp³-hybridized carbons (Fsp3) is 0.333. The fourth-order valence-electron chi connectivity index (χ4n) is 1.30. The van der Waals surface area contributed by atoms with Crippen LogP contribution in [0.1, 0.15) is 13.8 Å². The summed E-state index contributed by atoms with van der Waals surface area (Å²) in [5.74, 6) is -4.12. The predicted octanol–water partition coefficient (Wildman–Crippen LogP) is 2.20. The van der Waals surface area contributed by atoms with Crippen molar-refractivity contribution in [2.24, 2.45) is 5.92 Å². The van der Waals surface area contributed by atoms with Gasteiger partial charge in [0, 0.05) is 6.04 Å². The summed E-state index contributed by atoms with van der Waals surface area (Å²) in [5, 5.41) is 13.2. The van der Waals surface area contributed by atoms with Gasteiger partial charge in [-0.3, -0.25) is 4.79 Å². The molecule has 5 nitrogen and oxygen atoms in total. The lowest BCUT2D eigenvalue weighted by atomic mass is 10.0. The number of nitrogens with one attached hydrogen (secondary N) is 2. The molecular formula is C12H14F2N2O3. The van der Waals surface area contributed by atoms with Gasteiger partial charge in [-0.05, 0) is 26.0 Å². The topological polar surface area (TPSA) is 78.4 Å². The number of rotatable bonds is 4. The van der Waals surface area contributed by atoms with Crippen LogP contribution in [0, 0.1) is 17.6 Å². The number of halogens is 2. The van der Waals surface area contributed by atoms with Gasteiger partial charge < -0.3 is 15.7 Å². The minimum absolute atomic E-state index is 0.312. The van der Waals surface area contributed by atoms with Crippen molar-refractivity contribution in [3.8, 4) is 0 Å². The minimum atomic E-state index is -1.17. The monoisotopic (exact) mass is 272 g/mol. The highest BCUT2D eigenvalue weighted by atomic mass is 19.2. The molecule has 0 aliphatic rings. The Morgan fingerprint density at radius 1 is 1.26 bits per heavy atom. The lowest BCUT2D eigenvalue weighted by Gasteiger charge is -2.18. The second-order valence-electron chi connectivity index (χ2n) is 4.12. The maximum atomic E-state index is 13.3. The summed E-state index contributed by atoms with van der Waals surface area (Å²) in [6.07, 6.45) is 0. The Hall–Kier alpha value is -2.18. The van der Waals surface area contributed by atoms with Crippen LogP contribution in [-0.2, 0) is 4.79 Å². The molecule has 0 heterocycles. The molecule has 0 aromatic heterocycles. The van der Waals surface area contributed by atoms with Crippen molar-refractivity contribution in [1.29, 1.82) is 0 Å². The van der Waals surface area contributed by atoms with Crippen LogP contribution in [0.4, 0.5) is 19.3 Å². The number of carboxylic acids is 1. The van der Waals surface area contributed by atoms with Crippen LogP contribution in [0.2, 0.25) is 0 Å². The number of hydrogen-bond donors (Lipinski definition) is 3. The first-order chi connectivity index (χ1) is 8.82. The first-order valence-corrected chi connectivity index (χ1v) is 5.57. The van der Waals surface area contributed by atoms with Gasteiger partial charge in [-0.1, -0.05) is 6.07 Å². The molecule has 1 aromatic carbocycles. The Labute approximate surface area is 108 Å². The molecule has 1 rings (SSSR count). The molecule has 19 heavy (non-hydrogen) atoms. The minimum Gasteiger partial charge on any atom is -0.481 e. The molecule has 0 aliphatic carbocycles. The van der Waals surface area contributed by atoms with Crippen LogP contribution < -0.4 is 10.6 Å². The van der Waals surface area contributed by atoms with Gasteiger partial charge in [0.1, 0.15) is 0 Å². The van der Waals surface area contributed by atoms with E-state index in [2.05, 4.69) is 10.6 Å². The molecule has 0 radical (unpaired) electrons. The van der Waals surface area contributed by atoms with Crippen molar-refractivity contribution >= 4 is 17.7 Å². The highest BCUT2D eigenvalue weighted by molar-refractivity contribution is 5.89. The van der Waals surface area contributed by atoms with Gasteiger partial charge in [-0.25, -0.2) is 13.6 Å². The molecule has 7 heteroatoms. The van der Waals surface area contributed by atoms with E-state index in [0.29, 0.717) is 0 Å². The summed E-state index contributed by atoms with van der Waals surface area (Å²) >= 11 is 0. The Kier molecular flexibility index (Phi) is 4.80. The molecular weight excluding hydrogens is 258 g/mol. The SMILES string of the molecule is CC(NC(=O)Nc1cccc(F)c1F)C(C)C(=O)O. The van der Waals surface area contributed by atoms with Crippen LogP contribution in [0.5, 0.6) is 0 Å². The lowest BCUT2D eigenvalue weighted by Crippen LogP contribution is -2.42. The average molecular weight is 272 g/mol. The third-order valence-corrected chi connectivity index (χ3v) is 2.70. The molecule has 2 amide bonds. The summed E-state index contributed by atoms with van der Waals surface area (Å²) in [7, 11) is 0. The average Bonchev–Trinajstić information content (AvgIpc) is 2.33. The molecule has 2 unspecified atom stereocenters. The number of benzene rings is 1. The van der Waals surface area contributed by atoms with Gasteiger partial charge in [0.25, 0.3) is 0 Å². The van der Waals surface area contributed by atoms with Crippen LogP contribution in [0.25, 0.3) is 0 Å². The summed E-state index contributed by atoms with van der Waals surface area (Å²) in [4.78, 5) is 22.2. The number of carbonyl (C=O) groups is 2. The molecule has 2 atom stereocenters. The Morgan fingerprint density at radius 2 is 1.89 bits per heavy atom. The summed E-state index contributed by atoms with van der Waals surface area (Å²) < 4.78 is 26.2. The number of hydrogen-bond acceptors (Lipinski definition) is 2. The molecule has 3 N–H and O–H groups in total. The highest BCUT2D eigenvalue weighted by Crippen LogP contribution is 2.16. The summed E-state index contributed by atoms with van der Waals surface area (Å²) in [6.45, 7) is 2.93. The van der Waals surface area contributed by atoms with Crippen LogP contribution >= 0.6 is 0 Å². The standard InChI is InChI=1S/C12H14F2N2O3/c1-6(11(17)18)7(2)15-12(19)16-9-5-3-4-8(13)10(9)14/h3-7H,1-2H3,(H,17,18)(H2,15,16,19). The van der Waals surface area contributed by atoms with Crippen LogP contribution in [0.3, 0.4) is 0 Å². The molecule has 0 fully saturated rings. The fourth-order valence-corrected chi connectivity index (χ4v) is 1.30. The smallest absolute Gasteiger partial charge is 0.319 e. The van der Waals surface area contributed by atoms with Crippen molar-refractivity contribution in [3.05, 3.63) is 29.8 Å². The van der Waals surface area contributed by atoms with Gasteiger partial charge in [0.15, 0.2) is 11.6 Å². The second kappa shape index (κ2) is 6.12. The molecule has 0 bridgehead atoms. The molecule has 0 spiro atoms. The van der Waals surface area contributed by atoms with Crippen molar-refractivity contribution in [1.82, 2.24) is 5.32 Å². The van der Waals surface area contributed by atoms with Gasteiger partial charge in [0.05, 0.1) is 11.6 Å². The molecule has 0 aliphatic heterocycles. The third kappa shape index (κ3) is 3.90. The van der Waals surface area contributed by atoms with E-state index in [-0.39, 0.29) is 5.69 Å². The molecule has 0 saturated heterocycles. The zero-order valence-electron chi connectivity index (χ0n) is 10.4. The van der Waals surface area contributed by atoms with E-state index in [9.17, 15) is 18.4 Å². The van der Waals surface area contributed by atoms with Gasteiger partial charge in [0.2, 0.25) is 0 Å².